The fourth-order valence-electron chi connectivity index (χ4n) is 1.49. The smallest absolute Gasteiger partial charge is 0.292 e. The van der Waals surface area contributed by atoms with Gasteiger partial charge in [0, 0.05) is 12.1 Å². The maximum atomic E-state index is 13.4. The van der Waals surface area contributed by atoms with Crippen LogP contribution in [-0.4, -0.2) is 25.3 Å². The van der Waals surface area contributed by atoms with Crippen LogP contribution < -0.4 is 10.1 Å². The molecule has 19 heavy (non-hydrogen) atoms. The summed E-state index contributed by atoms with van der Waals surface area (Å²) in [4.78, 5) is 23.3. The highest BCUT2D eigenvalue weighted by Crippen LogP contribution is 2.17. The maximum absolute atomic E-state index is 13.4. The number of benzene rings is 1. The number of carbonyl (C=O) groups excluding carboxylic acids is 2. The predicted octanol–water partition coefficient (Wildman–Crippen LogP) is 2.18. The lowest BCUT2D eigenvalue weighted by molar-refractivity contribution is -0.117. The van der Waals surface area contributed by atoms with Crippen molar-refractivity contribution in [3.8, 4) is 5.75 Å². The summed E-state index contributed by atoms with van der Waals surface area (Å²) in [6.07, 6.45) is 0.788. The Morgan fingerprint density at radius 3 is 2.58 bits per heavy atom. The summed E-state index contributed by atoms with van der Waals surface area (Å²) in [5.41, 5.74) is 0.0142. The van der Waals surface area contributed by atoms with E-state index in [0.29, 0.717) is 12.5 Å². The number of nitrogens with one attached hydrogen (secondary N) is 1. The van der Waals surface area contributed by atoms with Crippen LogP contribution in [0.4, 0.5) is 4.39 Å². The third-order valence-electron chi connectivity index (χ3n) is 2.63. The third kappa shape index (κ3) is 4.35. The van der Waals surface area contributed by atoms with Crippen LogP contribution in [0.1, 0.15) is 30.6 Å². The van der Waals surface area contributed by atoms with Gasteiger partial charge < -0.3 is 10.1 Å². The maximum Gasteiger partial charge on any atom is 0.292 e. The molecule has 1 amide bonds. The zero-order valence-corrected chi connectivity index (χ0v) is 11.3. The van der Waals surface area contributed by atoms with Crippen LogP contribution >= 0.6 is 0 Å². The van der Waals surface area contributed by atoms with Gasteiger partial charge in [-0.2, -0.15) is 0 Å². The summed E-state index contributed by atoms with van der Waals surface area (Å²) in [7, 11) is 1.33. The number of ether oxygens (including phenoxy) is 1. The quantitative estimate of drug-likeness (QED) is 0.635. The molecule has 1 N–H and O–H groups in total. The number of halogens is 1. The summed E-state index contributed by atoms with van der Waals surface area (Å²) in [6, 6.07) is 3.69. The number of amides is 1. The highest BCUT2D eigenvalue weighted by molar-refractivity contribution is 6.42. The third-order valence-corrected chi connectivity index (χ3v) is 2.63. The minimum absolute atomic E-state index is 0.0142. The van der Waals surface area contributed by atoms with Crippen molar-refractivity contribution in [1.82, 2.24) is 5.32 Å². The molecule has 0 heterocycles. The SMILES string of the molecule is COc1ccc(C(=O)C(=O)NCCC(C)C)cc1F. The van der Waals surface area contributed by atoms with E-state index in [9.17, 15) is 14.0 Å². The monoisotopic (exact) mass is 267 g/mol. The lowest BCUT2D eigenvalue weighted by Gasteiger charge is -2.07. The van der Waals surface area contributed by atoms with Crippen LogP contribution in [0.25, 0.3) is 0 Å². The molecule has 0 saturated carbocycles. The molecule has 0 aliphatic rings. The van der Waals surface area contributed by atoms with E-state index in [0.717, 1.165) is 12.5 Å². The van der Waals surface area contributed by atoms with Crippen molar-refractivity contribution >= 4 is 11.7 Å². The normalized spacial score (nSPS) is 10.4. The van der Waals surface area contributed by atoms with Crippen LogP contribution in [0, 0.1) is 11.7 Å². The first-order valence-corrected chi connectivity index (χ1v) is 6.11. The fraction of sp³-hybridized carbons (Fsp3) is 0.429. The van der Waals surface area contributed by atoms with Crippen LogP contribution in [0.15, 0.2) is 18.2 Å². The Balaban J connectivity index is 2.66. The first-order valence-electron chi connectivity index (χ1n) is 6.11. The van der Waals surface area contributed by atoms with Crippen LogP contribution in [-0.2, 0) is 4.79 Å². The van der Waals surface area contributed by atoms with E-state index in [4.69, 9.17) is 4.74 Å². The fourth-order valence-corrected chi connectivity index (χ4v) is 1.49. The number of methoxy groups -OCH3 is 1. The Labute approximate surface area is 112 Å². The van der Waals surface area contributed by atoms with E-state index in [1.165, 1.54) is 19.2 Å². The zero-order chi connectivity index (χ0) is 14.4. The van der Waals surface area contributed by atoms with Gasteiger partial charge in [0.15, 0.2) is 11.6 Å². The lowest BCUT2D eigenvalue weighted by Crippen LogP contribution is -2.32. The molecule has 0 fully saturated rings. The van der Waals surface area contributed by atoms with Gasteiger partial charge >= 0.3 is 0 Å². The molecular formula is C14H18FNO3. The number of hydrogen-bond acceptors (Lipinski definition) is 3. The number of Topliss-reactive ketones (excluding diaryl/α,β-unsaturated/α-hetero) is 1. The molecule has 1 aromatic rings. The van der Waals surface area contributed by atoms with Crippen molar-refractivity contribution in [3.05, 3.63) is 29.6 Å². The van der Waals surface area contributed by atoms with Gasteiger partial charge in [0.2, 0.25) is 5.78 Å². The Hall–Kier alpha value is -1.91. The standard InChI is InChI=1S/C14H18FNO3/c1-9(2)6-7-16-14(18)13(17)10-4-5-12(19-3)11(15)8-10/h4-5,8-9H,6-7H2,1-3H3,(H,16,18). The van der Waals surface area contributed by atoms with Crippen molar-refractivity contribution in [2.45, 2.75) is 20.3 Å². The average Bonchev–Trinajstić information content (AvgIpc) is 2.37. The number of ketones is 1. The molecule has 0 atom stereocenters. The molecule has 0 aliphatic carbocycles. The van der Waals surface area contributed by atoms with Gasteiger partial charge in [-0.15, -0.1) is 0 Å². The molecule has 0 radical (unpaired) electrons. The van der Waals surface area contributed by atoms with Gasteiger partial charge in [-0.1, -0.05) is 13.8 Å². The highest BCUT2D eigenvalue weighted by Gasteiger charge is 2.17. The first-order chi connectivity index (χ1) is 8.95. The Bertz CT molecular complexity index is 472. The average molecular weight is 267 g/mol. The van der Waals surface area contributed by atoms with Gasteiger partial charge in [0.05, 0.1) is 7.11 Å². The molecule has 0 unspecified atom stereocenters. The molecule has 0 aromatic heterocycles. The van der Waals surface area contributed by atoms with Gasteiger partial charge in [-0.25, -0.2) is 4.39 Å². The summed E-state index contributed by atoms with van der Waals surface area (Å²) < 4.78 is 18.2. The largest absolute Gasteiger partial charge is 0.494 e. The van der Waals surface area contributed by atoms with Crippen molar-refractivity contribution < 1.29 is 18.7 Å². The van der Waals surface area contributed by atoms with Crippen molar-refractivity contribution in [1.29, 1.82) is 0 Å². The second-order valence-corrected chi connectivity index (χ2v) is 4.62. The minimum atomic E-state index is -0.745. The van der Waals surface area contributed by atoms with Gasteiger partial charge in [-0.05, 0) is 30.5 Å². The molecule has 104 valence electrons. The Morgan fingerprint density at radius 1 is 1.37 bits per heavy atom. The topological polar surface area (TPSA) is 55.4 Å². The molecular weight excluding hydrogens is 249 g/mol. The van der Waals surface area contributed by atoms with Crippen molar-refractivity contribution in [2.24, 2.45) is 5.92 Å². The van der Waals surface area contributed by atoms with E-state index >= 15 is 0 Å². The zero-order valence-electron chi connectivity index (χ0n) is 11.3. The van der Waals surface area contributed by atoms with E-state index in [1.54, 1.807) is 0 Å². The molecule has 0 aliphatic heterocycles. The molecule has 5 heteroatoms. The lowest BCUT2D eigenvalue weighted by atomic mass is 10.1. The van der Waals surface area contributed by atoms with Crippen LogP contribution in [0.5, 0.6) is 5.75 Å². The summed E-state index contributed by atoms with van der Waals surface area (Å²) in [5.74, 6) is -1.65. The van der Waals surface area contributed by atoms with Gasteiger partial charge in [0.1, 0.15) is 0 Å². The van der Waals surface area contributed by atoms with E-state index in [-0.39, 0.29) is 11.3 Å². The van der Waals surface area contributed by atoms with Crippen molar-refractivity contribution in [2.75, 3.05) is 13.7 Å². The van der Waals surface area contributed by atoms with E-state index < -0.39 is 17.5 Å². The number of hydrogen-bond donors (Lipinski definition) is 1. The summed E-state index contributed by atoms with van der Waals surface area (Å²) in [6.45, 7) is 4.47. The van der Waals surface area contributed by atoms with E-state index in [2.05, 4.69) is 5.32 Å². The Kier molecular flexibility index (Phi) is 5.48. The molecule has 4 nitrogen and oxygen atoms in total. The summed E-state index contributed by atoms with van der Waals surface area (Å²) >= 11 is 0. The molecule has 1 aromatic carbocycles. The van der Waals surface area contributed by atoms with Crippen LogP contribution in [0.2, 0.25) is 0 Å². The summed E-state index contributed by atoms with van der Waals surface area (Å²) in [5, 5.41) is 2.52. The first kappa shape index (κ1) is 15.1. The van der Waals surface area contributed by atoms with Gasteiger partial charge in [0.25, 0.3) is 5.91 Å². The van der Waals surface area contributed by atoms with Gasteiger partial charge in [-0.3, -0.25) is 9.59 Å². The highest BCUT2D eigenvalue weighted by atomic mass is 19.1. The second kappa shape index (κ2) is 6.87. The van der Waals surface area contributed by atoms with E-state index in [1.807, 2.05) is 13.8 Å². The second-order valence-electron chi connectivity index (χ2n) is 4.62. The van der Waals surface area contributed by atoms with Crippen molar-refractivity contribution in [3.63, 3.8) is 0 Å². The number of rotatable bonds is 6. The minimum Gasteiger partial charge on any atom is -0.494 e. The number of carbonyl (C=O) groups is 2. The molecule has 0 bridgehead atoms. The Morgan fingerprint density at radius 2 is 2.05 bits per heavy atom. The van der Waals surface area contributed by atoms with Crippen LogP contribution in [0.3, 0.4) is 0 Å². The molecule has 0 saturated heterocycles. The molecule has 1 rings (SSSR count). The predicted molar refractivity (Wildman–Crippen MR) is 69.7 cm³/mol. The molecule has 0 spiro atoms.